The van der Waals surface area contributed by atoms with Crippen molar-refractivity contribution >= 4 is 5.97 Å². The molecule has 1 aliphatic rings. The zero-order valence-corrected chi connectivity index (χ0v) is 22.2. The van der Waals surface area contributed by atoms with Crippen LogP contribution in [0.5, 0.6) is 23.0 Å². The van der Waals surface area contributed by atoms with E-state index in [1.54, 1.807) is 42.5 Å². The molecular formula is C33H28N2O5. The Morgan fingerprint density at radius 1 is 0.950 bits per heavy atom. The van der Waals surface area contributed by atoms with Crippen LogP contribution in [0, 0.1) is 18.3 Å². The average Bonchev–Trinajstić information content (AvgIpc) is 2.97. The number of carbonyl (C=O) groups is 1. The van der Waals surface area contributed by atoms with Crippen LogP contribution in [0.4, 0.5) is 0 Å². The van der Waals surface area contributed by atoms with Crippen molar-refractivity contribution < 1.29 is 23.7 Å². The summed E-state index contributed by atoms with van der Waals surface area (Å²) in [4.78, 5) is 12.6. The Bertz CT molecular complexity index is 1600. The summed E-state index contributed by atoms with van der Waals surface area (Å²) in [7, 11) is 0. The van der Waals surface area contributed by atoms with Crippen molar-refractivity contribution in [3.8, 4) is 29.1 Å². The molecule has 0 spiro atoms. The molecule has 0 bridgehead atoms. The second kappa shape index (κ2) is 11.7. The van der Waals surface area contributed by atoms with Gasteiger partial charge in [-0.05, 0) is 55.3 Å². The van der Waals surface area contributed by atoms with E-state index in [-0.39, 0.29) is 11.5 Å². The van der Waals surface area contributed by atoms with Gasteiger partial charge in [-0.2, -0.15) is 5.26 Å². The summed E-state index contributed by atoms with van der Waals surface area (Å²) in [6.07, 6.45) is 0. The summed E-state index contributed by atoms with van der Waals surface area (Å²) in [6, 6.07) is 29.7. The minimum absolute atomic E-state index is 0.0100. The van der Waals surface area contributed by atoms with Gasteiger partial charge in [0, 0.05) is 11.6 Å². The summed E-state index contributed by atoms with van der Waals surface area (Å²) >= 11 is 0. The lowest BCUT2D eigenvalue weighted by molar-refractivity contribution is 0.0734. The number of carbonyl (C=O) groups excluding carboxylic acids is 1. The highest BCUT2D eigenvalue weighted by molar-refractivity contribution is 5.91. The number of nitrogens with zero attached hydrogens (tertiary/aromatic N) is 1. The Balaban J connectivity index is 1.45. The third-order valence-corrected chi connectivity index (χ3v) is 6.53. The number of aryl methyl sites for hydroxylation is 1. The molecule has 1 unspecified atom stereocenters. The van der Waals surface area contributed by atoms with Gasteiger partial charge in [0.15, 0.2) is 11.5 Å². The first kappa shape index (κ1) is 26.4. The molecule has 2 N–H and O–H groups in total. The van der Waals surface area contributed by atoms with E-state index in [9.17, 15) is 10.1 Å². The first-order valence-corrected chi connectivity index (χ1v) is 12.9. The van der Waals surface area contributed by atoms with Crippen LogP contribution in [0.3, 0.4) is 0 Å². The molecule has 0 saturated carbocycles. The molecule has 1 aliphatic heterocycles. The van der Waals surface area contributed by atoms with Crippen LogP contribution in [0.15, 0.2) is 102 Å². The van der Waals surface area contributed by atoms with Crippen molar-refractivity contribution in [2.45, 2.75) is 26.4 Å². The van der Waals surface area contributed by atoms with Gasteiger partial charge in [0.2, 0.25) is 5.88 Å². The third-order valence-electron chi connectivity index (χ3n) is 6.53. The quantitative estimate of drug-likeness (QED) is 0.207. The number of benzene rings is 4. The molecule has 0 radical (unpaired) electrons. The number of fused-ring (bicyclic) bond motifs is 1. The Morgan fingerprint density at radius 2 is 1.73 bits per heavy atom. The van der Waals surface area contributed by atoms with Crippen LogP contribution < -0.4 is 24.7 Å². The molecule has 7 heteroatoms. The largest absolute Gasteiger partial charge is 0.490 e. The molecule has 5 rings (SSSR count). The normalized spacial score (nSPS) is 14.0. The molecule has 0 amide bonds. The minimum atomic E-state index is -0.516. The highest BCUT2D eigenvalue weighted by Gasteiger charge is 2.32. The smallest absolute Gasteiger partial charge is 0.343 e. The van der Waals surface area contributed by atoms with E-state index in [1.807, 2.05) is 62.4 Å². The second-order valence-corrected chi connectivity index (χ2v) is 9.29. The lowest BCUT2D eigenvalue weighted by atomic mass is 9.83. The van der Waals surface area contributed by atoms with E-state index in [1.165, 1.54) is 5.56 Å². The molecule has 40 heavy (non-hydrogen) atoms. The van der Waals surface area contributed by atoms with E-state index in [4.69, 9.17) is 24.7 Å². The predicted octanol–water partition coefficient (Wildman–Crippen LogP) is 6.41. The van der Waals surface area contributed by atoms with Gasteiger partial charge in [-0.25, -0.2) is 4.79 Å². The van der Waals surface area contributed by atoms with E-state index < -0.39 is 11.9 Å². The summed E-state index contributed by atoms with van der Waals surface area (Å²) in [6.45, 7) is 4.77. The van der Waals surface area contributed by atoms with Gasteiger partial charge < -0.3 is 24.7 Å². The molecule has 0 saturated heterocycles. The topological polar surface area (TPSA) is 104 Å². The number of nitrogens with two attached hydrogens (primary N) is 1. The SMILES string of the molecule is CCOc1cc(C2C(C#N)=C(N)Oc3cc(OC(=O)c4ccccc4)ccc32)ccc1OCc1ccc(C)cc1. The second-order valence-electron chi connectivity index (χ2n) is 9.29. The van der Waals surface area contributed by atoms with Gasteiger partial charge in [0.25, 0.3) is 0 Å². The van der Waals surface area contributed by atoms with Gasteiger partial charge in [-0.1, -0.05) is 60.2 Å². The summed E-state index contributed by atoms with van der Waals surface area (Å²) in [5.41, 5.74) is 10.6. The lowest BCUT2D eigenvalue weighted by Crippen LogP contribution is -2.21. The molecule has 1 atom stereocenters. The van der Waals surface area contributed by atoms with Gasteiger partial charge >= 0.3 is 5.97 Å². The molecule has 0 aliphatic carbocycles. The lowest BCUT2D eigenvalue weighted by Gasteiger charge is -2.27. The van der Waals surface area contributed by atoms with Crippen molar-refractivity contribution in [3.63, 3.8) is 0 Å². The molecule has 7 nitrogen and oxygen atoms in total. The summed E-state index contributed by atoms with van der Waals surface area (Å²) in [5, 5.41) is 9.98. The van der Waals surface area contributed by atoms with Gasteiger partial charge in [-0.15, -0.1) is 0 Å². The number of nitriles is 1. The Kier molecular flexibility index (Phi) is 7.70. The molecule has 4 aromatic carbocycles. The van der Waals surface area contributed by atoms with Crippen molar-refractivity contribution in [2.24, 2.45) is 5.73 Å². The standard InChI is InChI=1S/C33H28N2O5/c1-3-37-30-17-24(13-16-28(30)38-20-22-11-9-21(2)10-12-22)31-26-15-14-25(18-29(26)40-32(35)27(31)19-34)39-33(36)23-7-5-4-6-8-23/h4-18,31H,3,20,35H2,1-2H3. The zero-order chi connectivity index (χ0) is 28.1. The number of rotatable bonds is 8. The van der Waals surface area contributed by atoms with Gasteiger partial charge in [0.05, 0.1) is 18.1 Å². The Morgan fingerprint density at radius 3 is 2.45 bits per heavy atom. The Labute approximate surface area is 233 Å². The van der Waals surface area contributed by atoms with Crippen LogP contribution in [-0.4, -0.2) is 12.6 Å². The van der Waals surface area contributed by atoms with Crippen LogP contribution in [0.2, 0.25) is 0 Å². The van der Waals surface area contributed by atoms with Crippen LogP contribution in [0.25, 0.3) is 0 Å². The maximum atomic E-state index is 12.6. The van der Waals surface area contributed by atoms with Crippen molar-refractivity contribution in [1.82, 2.24) is 0 Å². The Hall–Kier alpha value is -5.22. The highest BCUT2D eigenvalue weighted by Crippen LogP contribution is 2.45. The van der Waals surface area contributed by atoms with Crippen molar-refractivity contribution in [3.05, 3.63) is 130 Å². The van der Waals surface area contributed by atoms with Crippen LogP contribution in [-0.2, 0) is 6.61 Å². The number of hydrogen-bond acceptors (Lipinski definition) is 7. The summed E-state index contributed by atoms with van der Waals surface area (Å²) < 4.78 is 23.4. The van der Waals surface area contributed by atoms with Crippen LogP contribution >= 0.6 is 0 Å². The summed E-state index contributed by atoms with van der Waals surface area (Å²) in [5.74, 6) is 0.840. The number of hydrogen-bond donors (Lipinski definition) is 1. The highest BCUT2D eigenvalue weighted by atomic mass is 16.5. The maximum Gasteiger partial charge on any atom is 0.343 e. The first-order valence-electron chi connectivity index (χ1n) is 12.9. The number of allylic oxidation sites excluding steroid dienone is 1. The van der Waals surface area contributed by atoms with E-state index >= 15 is 0 Å². The molecular weight excluding hydrogens is 504 g/mol. The zero-order valence-electron chi connectivity index (χ0n) is 22.2. The minimum Gasteiger partial charge on any atom is -0.490 e. The van der Waals surface area contributed by atoms with Crippen LogP contribution in [0.1, 0.15) is 45.5 Å². The van der Waals surface area contributed by atoms with E-state index in [0.29, 0.717) is 47.3 Å². The number of ether oxygens (including phenoxy) is 4. The monoisotopic (exact) mass is 532 g/mol. The molecule has 0 fully saturated rings. The fourth-order valence-corrected chi connectivity index (χ4v) is 4.52. The predicted molar refractivity (Wildman–Crippen MR) is 150 cm³/mol. The van der Waals surface area contributed by atoms with Gasteiger partial charge in [0.1, 0.15) is 29.7 Å². The van der Waals surface area contributed by atoms with Crippen molar-refractivity contribution in [1.29, 1.82) is 5.26 Å². The fraction of sp³-hybridized carbons (Fsp3) is 0.152. The first-order chi connectivity index (χ1) is 19.5. The number of esters is 1. The fourth-order valence-electron chi connectivity index (χ4n) is 4.52. The van der Waals surface area contributed by atoms with Crippen molar-refractivity contribution in [2.75, 3.05) is 6.61 Å². The molecule has 0 aromatic heterocycles. The molecule has 200 valence electrons. The third kappa shape index (κ3) is 5.62. The molecule has 4 aromatic rings. The maximum absolute atomic E-state index is 12.6. The van der Waals surface area contributed by atoms with Gasteiger partial charge in [-0.3, -0.25) is 0 Å². The molecule has 1 heterocycles. The van der Waals surface area contributed by atoms with E-state index in [0.717, 1.165) is 11.1 Å². The average molecular weight is 533 g/mol. The van der Waals surface area contributed by atoms with E-state index in [2.05, 4.69) is 6.07 Å².